The molecular weight excluding hydrogens is 490 g/mol. The molecule has 202 valence electrons. The van der Waals surface area contributed by atoms with Crippen LogP contribution in [0.4, 0.5) is 5.69 Å². The van der Waals surface area contributed by atoms with Gasteiger partial charge in [0.25, 0.3) is 0 Å². The smallest absolute Gasteiger partial charge is 0.244 e. The molecule has 37 heavy (non-hydrogen) atoms. The Morgan fingerprint density at radius 3 is 2.41 bits per heavy atom. The lowest BCUT2D eigenvalue weighted by Crippen LogP contribution is -2.53. The van der Waals surface area contributed by atoms with Crippen LogP contribution in [0.15, 0.2) is 42.5 Å². The second kappa shape index (κ2) is 12.4. The molecule has 0 bridgehead atoms. The van der Waals surface area contributed by atoms with Crippen molar-refractivity contribution in [3.63, 3.8) is 0 Å². The molecule has 0 spiro atoms. The van der Waals surface area contributed by atoms with E-state index in [0.717, 1.165) is 52.9 Å². The van der Waals surface area contributed by atoms with Gasteiger partial charge in [-0.3, -0.25) is 13.9 Å². The zero-order valence-corrected chi connectivity index (χ0v) is 23.3. The molecular formula is C28H39N3O5S. The van der Waals surface area contributed by atoms with Gasteiger partial charge in [0.15, 0.2) is 0 Å². The number of carbonyl (C=O) groups is 2. The summed E-state index contributed by atoms with van der Waals surface area (Å²) in [6, 6.07) is 12.0. The topological polar surface area (TPSA) is 96.0 Å². The van der Waals surface area contributed by atoms with Gasteiger partial charge < -0.3 is 15.0 Å². The van der Waals surface area contributed by atoms with Gasteiger partial charge in [-0.25, -0.2) is 8.42 Å². The summed E-state index contributed by atoms with van der Waals surface area (Å²) in [5.74, 6) is -0.0580. The van der Waals surface area contributed by atoms with E-state index in [1.807, 2.05) is 44.2 Å². The van der Waals surface area contributed by atoms with Crippen molar-refractivity contribution in [2.45, 2.75) is 71.5 Å². The number of benzene rings is 2. The molecule has 0 heterocycles. The predicted octanol–water partition coefficient (Wildman–Crippen LogP) is 3.94. The molecule has 2 amide bonds. The predicted molar refractivity (Wildman–Crippen MR) is 146 cm³/mol. The summed E-state index contributed by atoms with van der Waals surface area (Å²) in [6.45, 7) is 5.17. The summed E-state index contributed by atoms with van der Waals surface area (Å²) in [4.78, 5) is 28.5. The molecule has 1 unspecified atom stereocenters. The van der Waals surface area contributed by atoms with E-state index in [1.54, 1.807) is 26.2 Å². The lowest BCUT2D eigenvalue weighted by molar-refractivity contribution is -0.139. The molecule has 1 aliphatic rings. The van der Waals surface area contributed by atoms with Gasteiger partial charge in [-0.05, 0) is 62.9 Å². The van der Waals surface area contributed by atoms with E-state index in [2.05, 4.69) is 5.32 Å². The van der Waals surface area contributed by atoms with Gasteiger partial charge in [-0.1, -0.05) is 49.1 Å². The molecule has 1 N–H and O–H groups in total. The first-order valence-electron chi connectivity index (χ1n) is 12.8. The molecule has 0 aromatic heterocycles. The van der Waals surface area contributed by atoms with Crippen LogP contribution in [0, 0.1) is 13.8 Å². The van der Waals surface area contributed by atoms with Gasteiger partial charge >= 0.3 is 0 Å². The van der Waals surface area contributed by atoms with Gasteiger partial charge in [0.2, 0.25) is 21.8 Å². The molecule has 2 aromatic rings. The van der Waals surface area contributed by atoms with Crippen molar-refractivity contribution in [3.8, 4) is 5.75 Å². The number of anilines is 1. The number of rotatable bonds is 10. The third-order valence-electron chi connectivity index (χ3n) is 6.91. The molecule has 2 aromatic carbocycles. The third kappa shape index (κ3) is 7.71. The number of sulfonamides is 1. The summed E-state index contributed by atoms with van der Waals surface area (Å²) >= 11 is 0. The van der Waals surface area contributed by atoms with E-state index in [0.29, 0.717) is 11.4 Å². The van der Waals surface area contributed by atoms with E-state index in [9.17, 15) is 18.0 Å². The van der Waals surface area contributed by atoms with Crippen LogP contribution in [-0.4, -0.2) is 57.1 Å². The van der Waals surface area contributed by atoms with Crippen molar-refractivity contribution in [1.29, 1.82) is 0 Å². The number of nitrogens with one attached hydrogen (secondary N) is 1. The summed E-state index contributed by atoms with van der Waals surface area (Å²) in [5.41, 5.74) is 2.97. The number of hydrogen-bond donors (Lipinski definition) is 1. The Morgan fingerprint density at radius 1 is 1.08 bits per heavy atom. The molecule has 0 radical (unpaired) electrons. The average Bonchev–Trinajstić information content (AvgIpc) is 2.86. The van der Waals surface area contributed by atoms with Gasteiger partial charge in [0.1, 0.15) is 18.3 Å². The normalized spacial score (nSPS) is 15.1. The van der Waals surface area contributed by atoms with Crippen molar-refractivity contribution >= 4 is 27.5 Å². The molecule has 9 heteroatoms. The maximum absolute atomic E-state index is 13.8. The molecule has 1 saturated carbocycles. The first-order chi connectivity index (χ1) is 17.5. The highest BCUT2D eigenvalue weighted by molar-refractivity contribution is 7.92. The fourth-order valence-electron chi connectivity index (χ4n) is 4.80. The lowest BCUT2D eigenvalue weighted by Gasteiger charge is -2.33. The van der Waals surface area contributed by atoms with Crippen molar-refractivity contribution < 1.29 is 22.7 Å². The first kappa shape index (κ1) is 28.5. The summed E-state index contributed by atoms with van der Waals surface area (Å²) in [6.07, 6.45) is 6.26. The fraction of sp³-hybridized carbons (Fsp3) is 0.500. The maximum atomic E-state index is 13.8. The third-order valence-corrected chi connectivity index (χ3v) is 8.03. The Kier molecular flexibility index (Phi) is 9.59. The van der Waals surface area contributed by atoms with Crippen molar-refractivity contribution in [3.05, 3.63) is 59.2 Å². The molecule has 8 nitrogen and oxygen atoms in total. The Hall–Kier alpha value is -3.07. The zero-order valence-electron chi connectivity index (χ0n) is 22.5. The number of ether oxygens (including phenoxy) is 1. The molecule has 0 aliphatic heterocycles. The highest BCUT2D eigenvalue weighted by atomic mass is 32.2. The largest absolute Gasteiger partial charge is 0.497 e. The highest BCUT2D eigenvalue weighted by Crippen LogP contribution is 2.25. The van der Waals surface area contributed by atoms with E-state index in [4.69, 9.17) is 4.74 Å². The number of amides is 2. The van der Waals surface area contributed by atoms with Crippen LogP contribution in [0.1, 0.15) is 55.7 Å². The van der Waals surface area contributed by atoms with Crippen LogP contribution >= 0.6 is 0 Å². The highest BCUT2D eigenvalue weighted by Gasteiger charge is 2.31. The summed E-state index contributed by atoms with van der Waals surface area (Å²) < 4.78 is 32.0. The first-order valence-corrected chi connectivity index (χ1v) is 14.6. The minimum atomic E-state index is -3.77. The average molecular weight is 530 g/mol. The Bertz CT molecular complexity index is 1210. The van der Waals surface area contributed by atoms with Crippen LogP contribution < -0.4 is 14.4 Å². The molecule has 1 aliphatic carbocycles. The number of nitrogens with zero attached hydrogens (tertiary/aromatic N) is 2. The van der Waals surface area contributed by atoms with Crippen LogP contribution in [0.25, 0.3) is 0 Å². The molecule has 1 fully saturated rings. The maximum Gasteiger partial charge on any atom is 0.244 e. The van der Waals surface area contributed by atoms with E-state index < -0.39 is 28.5 Å². The lowest BCUT2D eigenvalue weighted by atomic mass is 9.95. The Morgan fingerprint density at radius 2 is 1.78 bits per heavy atom. The number of hydrogen-bond acceptors (Lipinski definition) is 5. The fourth-order valence-corrected chi connectivity index (χ4v) is 5.71. The second-order valence-electron chi connectivity index (χ2n) is 9.95. The van der Waals surface area contributed by atoms with Gasteiger partial charge in [-0.15, -0.1) is 0 Å². The van der Waals surface area contributed by atoms with E-state index >= 15 is 0 Å². The minimum Gasteiger partial charge on any atom is -0.497 e. The van der Waals surface area contributed by atoms with Gasteiger partial charge in [-0.2, -0.15) is 0 Å². The van der Waals surface area contributed by atoms with E-state index in [1.165, 1.54) is 11.3 Å². The van der Waals surface area contributed by atoms with Crippen molar-refractivity contribution in [2.24, 2.45) is 0 Å². The van der Waals surface area contributed by atoms with Crippen LogP contribution in [0.3, 0.4) is 0 Å². The molecule has 3 rings (SSSR count). The SMILES string of the molecule is COc1cccc(CN(C(=O)CN(c2ccc(C)cc2C)S(C)(=O)=O)C(C)C(=O)NC2CCCCC2)c1. The monoisotopic (exact) mass is 529 g/mol. The standard InChI is InChI=1S/C28H39N3O5S/c1-20-14-15-26(21(2)16-20)31(37(5,34)35)19-27(32)30(18-23-10-9-13-25(17-23)36-4)22(3)28(33)29-24-11-7-6-8-12-24/h9-10,13-17,22,24H,6-8,11-12,18-19H2,1-5H3,(H,29,33). The minimum absolute atomic E-state index is 0.0974. The Labute approximate surface area is 221 Å². The van der Waals surface area contributed by atoms with Crippen LogP contribution in [-0.2, 0) is 26.2 Å². The quantitative estimate of drug-likeness (QED) is 0.503. The summed E-state index contributed by atoms with van der Waals surface area (Å²) in [7, 11) is -2.20. The second-order valence-corrected chi connectivity index (χ2v) is 11.9. The van der Waals surface area contributed by atoms with Crippen LogP contribution in [0.5, 0.6) is 5.75 Å². The summed E-state index contributed by atoms with van der Waals surface area (Å²) in [5, 5.41) is 3.10. The van der Waals surface area contributed by atoms with Crippen molar-refractivity contribution in [2.75, 3.05) is 24.2 Å². The molecule has 0 saturated heterocycles. The van der Waals surface area contributed by atoms with Gasteiger partial charge in [0.05, 0.1) is 19.1 Å². The number of carbonyl (C=O) groups excluding carboxylic acids is 2. The van der Waals surface area contributed by atoms with Crippen molar-refractivity contribution in [1.82, 2.24) is 10.2 Å². The number of aryl methyl sites for hydroxylation is 2. The van der Waals surface area contributed by atoms with E-state index in [-0.39, 0.29) is 18.5 Å². The van der Waals surface area contributed by atoms with Crippen LogP contribution in [0.2, 0.25) is 0 Å². The molecule has 1 atom stereocenters. The Balaban J connectivity index is 1.90. The van der Waals surface area contributed by atoms with Gasteiger partial charge in [0, 0.05) is 12.6 Å². The zero-order chi connectivity index (χ0) is 27.2. The number of methoxy groups -OCH3 is 1.